The fraction of sp³-hybridized carbons (Fsp3) is 0.300. The van der Waals surface area contributed by atoms with Gasteiger partial charge in [0.1, 0.15) is 9.22 Å². The second kappa shape index (κ2) is 4.96. The summed E-state index contributed by atoms with van der Waals surface area (Å²) in [4.78, 5) is 5.22. The molecule has 8 heteroatoms. The average molecular weight is 303 g/mol. The number of nitrogen functional groups attached to an aromatic ring is 1. The van der Waals surface area contributed by atoms with E-state index in [9.17, 15) is 8.42 Å². The number of sulfonamides is 1. The van der Waals surface area contributed by atoms with Crippen LogP contribution in [-0.4, -0.2) is 13.4 Å². The van der Waals surface area contributed by atoms with E-state index >= 15 is 0 Å². The maximum Gasteiger partial charge on any atom is 0.250 e. The van der Waals surface area contributed by atoms with Crippen molar-refractivity contribution in [3.05, 3.63) is 27.5 Å². The molecule has 0 aliphatic heterocycles. The van der Waals surface area contributed by atoms with E-state index in [1.165, 1.54) is 17.4 Å². The molecule has 1 atom stereocenters. The lowest BCUT2D eigenvalue weighted by atomic mass is 10.4. The SMILES string of the molecule is Cc1cnc(C(C)NS(=O)(=O)c2cc(N)cs2)s1. The molecule has 0 saturated carbocycles. The van der Waals surface area contributed by atoms with Gasteiger partial charge in [-0.3, -0.25) is 0 Å². The second-order valence-corrected chi connectivity index (χ2v) is 7.97. The van der Waals surface area contributed by atoms with Crippen LogP contribution in [0.1, 0.15) is 22.9 Å². The molecule has 2 heterocycles. The number of hydrogen-bond donors (Lipinski definition) is 2. The molecule has 0 aromatic carbocycles. The summed E-state index contributed by atoms with van der Waals surface area (Å²) in [6, 6.07) is 1.10. The minimum atomic E-state index is -3.52. The summed E-state index contributed by atoms with van der Waals surface area (Å²) in [5.41, 5.74) is 5.99. The fourth-order valence-corrected chi connectivity index (χ4v) is 4.54. The maximum absolute atomic E-state index is 12.1. The number of nitrogens with zero attached hydrogens (tertiary/aromatic N) is 1. The third-order valence-corrected chi connectivity index (χ3v) is 6.30. The molecule has 98 valence electrons. The van der Waals surface area contributed by atoms with Gasteiger partial charge in [-0.15, -0.1) is 22.7 Å². The van der Waals surface area contributed by atoms with Crippen molar-refractivity contribution in [2.24, 2.45) is 0 Å². The van der Waals surface area contributed by atoms with E-state index in [2.05, 4.69) is 9.71 Å². The minimum Gasteiger partial charge on any atom is -0.398 e. The van der Waals surface area contributed by atoms with E-state index in [0.717, 1.165) is 21.2 Å². The Kier molecular flexibility index (Phi) is 3.71. The maximum atomic E-state index is 12.1. The van der Waals surface area contributed by atoms with E-state index in [1.54, 1.807) is 18.5 Å². The first-order valence-corrected chi connectivity index (χ1v) is 8.35. The normalized spacial score (nSPS) is 13.7. The van der Waals surface area contributed by atoms with Crippen LogP contribution in [0, 0.1) is 6.92 Å². The van der Waals surface area contributed by atoms with Gasteiger partial charge in [0.15, 0.2) is 0 Å². The molecule has 0 aliphatic rings. The number of aromatic nitrogens is 1. The summed E-state index contributed by atoms with van der Waals surface area (Å²) >= 11 is 2.58. The molecule has 0 amide bonds. The Hall–Kier alpha value is -0.960. The van der Waals surface area contributed by atoms with Crippen molar-refractivity contribution in [2.45, 2.75) is 24.1 Å². The summed E-state index contributed by atoms with van der Waals surface area (Å²) in [6.45, 7) is 3.70. The van der Waals surface area contributed by atoms with Gasteiger partial charge in [0.05, 0.1) is 6.04 Å². The highest BCUT2D eigenvalue weighted by Gasteiger charge is 2.21. The number of hydrogen-bond acceptors (Lipinski definition) is 6. The lowest BCUT2D eigenvalue weighted by Gasteiger charge is -2.10. The highest BCUT2D eigenvalue weighted by molar-refractivity contribution is 7.91. The van der Waals surface area contributed by atoms with E-state index < -0.39 is 10.0 Å². The van der Waals surface area contributed by atoms with Crippen LogP contribution in [0.5, 0.6) is 0 Å². The van der Waals surface area contributed by atoms with Crippen LogP contribution in [0.4, 0.5) is 5.69 Å². The summed E-state index contributed by atoms with van der Waals surface area (Å²) < 4.78 is 26.9. The van der Waals surface area contributed by atoms with Gasteiger partial charge in [0, 0.05) is 22.1 Å². The zero-order valence-corrected chi connectivity index (χ0v) is 12.3. The number of thiophene rings is 1. The molecule has 2 aromatic heterocycles. The first kappa shape index (κ1) is 13.5. The van der Waals surface area contributed by atoms with Crippen LogP contribution in [0.3, 0.4) is 0 Å². The van der Waals surface area contributed by atoms with Crippen LogP contribution in [-0.2, 0) is 10.0 Å². The van der Waals surface area contributed by atoms with Gasteiger partial charge >= 0.3 is 0 Å². The van der Waals surface area contributed by atoms with Crippen molar-refractivity contribution in [2.75, 3.05) is 5.73 Å². The van der Waals surface area contributed by atoms with Crippen molar-refractivity contribution >= 4 is 38.4 Å². The molecule has 18 heavy (non-hydrogen) atoms. The lowest BCUT2D eigenvalue weighted by molar-refractivity contribution is 0.568. The fourth-order valence-electron chi connectivity index (χ4n) is 1.38. The number of anilines is 1. The Balaban J connectivity index is 2.18. The second-order valence-electron chi connectivity index (χ2n) is 3.85. The lowest BCUT2D eigenvalue weighted by Crippen LogP contribution is -2.26. The Morgan fingerprint density at radius 1 is 1.50 bits per heavy atom. The van der Waals surface area contributed by atoms with Crippen LogP contribution >= 0.6 is 22.7 Å². The van der Waals surface area contributed by atoms with Crippen molar-refractivity contribution < 1.29 is 8.42 Å². The third-order valence-electron chi connectivity index (χ3n) is 2.20. The molecule has 3 N–H and O–H groups in total. The van der Waals surface area contributed by atoms with Gasteiger partial charge in [-0.25, -0.2) is 18.1 Å². The first-order valence-electron chi connectivity index (χ1n) is 5.17. The third kappa shape index (κ3) is 2.89. The quantitative estimate of drug-likeness (QED) is 0.906. The van der Waals surface area contributed by atoms with Gasteiger partial charge in [0.25, 0.3) is 10.0 Å². The van der Waals surface area contributed by atoms with Crippen molar-refractivity contribution in [1.82, 2.24) is 9.71 Å². The molecule has 0 radical (unpaired) electrons. The molecule has 0 spiro atoms. The van der Waals surface area contributed by atoms with E-state index in [-0.39, 0.29) is 10.3 Å². The number of rotatable bonds is 4. The summed E-state index contributed by atoms with van der Waals surface area (Å²) in [5, 5.41) is 2.35. The summed E-state index contributed by atoms with van der Waals surface area (Å²) in [5.74, 6) is 0. The van der Waals surface area contributed by atoms with Gasteiger partial charge in [-0.2, -0.15) is 0 Å². The largest absolute Gasteiger partial charge is 0.398 e. The van der Waals surface area contributed by atoms with Crippen molar-refractivity contribution in [1.29, 1.82) is 0 Å². The molecular formula is C10H13N3O2S3. The molecule has 5 nitrogen and oxygen atoms in total. The highest BCUT2D eigenvalue weighted by atomic mass is 32.2. The molecule has 2 aromatic rings. The van der Waals surface area contributed by atoms with Crippen LogP contribution < -0.4 is 10.5 Å². The molecular weight excluding hydrogens is 290 g/mol. The summed E-state index contributed by atoms with van der Waals surface area (Å²) in [7, 11) is -3.52. The molecule has 2 rings (SSSR count). The first-order chi connectivity index (χ1) is 8.38. The number of nitrogens with two attached hydrogens (primary N) is 1. The van der Waals surface area contributed by atoms with Crippen LogP contribution in [0.15, 0.2) is 21.9 Å². The zero-order valence-electron chi connectivity index (χ0n) is 9.88. The van der Waals surface area contributed by atoms with Gasteiger partial charge in [-0.05, 0) is 19.9 Å². The molecule has 0 saturated heterocycles. The van der Waals surface area contributed by atoms with Gasteiger partial charge in [-0.1, -0.05) is 0 Å². The standard InChI is InChI=1S/C10H13N3O2S3/c1-6-4-12-10(17-6)7(2)13-18(14,15)9-3-8(11)5-16-9/h3-5,7,13H,11H2,1-2H3. The van der Waals surface area contributed by atoms with E-state index in [4.69, 9.17) is 5.73 Å². The van der Waals surface area contributed by atoms with E-state index in [0.29, 0.717) is 5.69 Å². The minimum absolute atomic E-state index is 0.222. The Morgan fingerprint density at radius 2 is 2.22 bits per heavy atom. The van der Waals surface area contributed by atoms with E-state index in [1.807, 2.05) is 6.92 Å². The Bertz CT molecular complexity index is 645. The van der Waals surface area contributed by atoms with Crippen molar-refractivity contribution in [3.63, 3.8) is 0 Å². The summed E-state index contributed by atoms with van der Waals surface area (Å²) in [6.07, 6.45) is 1.73. The predicted octanol–water partition coefficient (Wildman–Crippen LogP) is 2.13. The molecule has 1 unspecified atom stereocenters. The number of thiazole rings is 1. The Labute approximate surface area is 114 Å². The van der Waals surface area contributed by atoms with Gasteiger partial charge in [0.2, 0.25) is 0 Å². The predicted molar refractivity (Wildman–Crippen MR) is 74.3 cm³/mol. The smallest absolute Gasteiger partial charge is 0.250 e. The monoisotopic (exact) mass is 303 g/mol. The molecule has 0 bridgehead atoms. The Morgan fingerprint density at radius 3 is 2.72 bits per heavy atom. The molecule has 0 aliphatic carbocycles. The van der Waals surface area contributed by atoms with Crippen LogP contribution in [0.25, 0.3) is 0 Å². The highest BCUT2D eigenvalue weighted by Crippen LogP contribution is 2.25. The van der Waals surface area contributed by atoms with Crippen LogP contribution in [0.2, 0.25) is 0 Å². The topological polar surface area (TPSA) is 85.1 Å². The zero-order chi connectivity index (χ0) is 13.3. The number of aryl methyl sites for hydroxylation is 1. The van der Waals surface area contributed by atoms with Gasteiger partial charge < -0.3 is 5.73 Å². The molecule has 0 fully saturated rings. The average Bonchev–Trinajstić information content (AvgIpc) is 2.86. The number of nitrogens with one attached hydrogen (secondary N) is 1. The van der Waals surface area contributed by atoms with Crippen molar-refractivity contribution in [3.8, 4) is 0 Å².